The SMILES string of the molecule is O=C[C@H](CCCCNC(=O)CCCC[C@@H]1SC[C@@H]2NC(=O)N[C@@H]21)NC(=O)[C@H](Cc1ccccc1)NC(=O)Cc1ccc(-c2ccccc2)cc1. The zero-order valence-corrected chi connectivity index (χ0v) is 29.1. The molecule has 0 bridgehead atoms. The molecule has 264 valence electrons. The van der Waals surface area contributed by atoms with Crippen molar-refractivity contribution in [1.82, 2.24) is 26.6 Å². The van der Waals surface area contributed by atoms with Gasteiger partial charge in [-0.15, -0.1) is 0 Å². The minimum atomic E-state index is -0.850. The molecule has 0 saturated carbocycles. The van der Waals surface area contributed by atoms with E-state index in [0.717, 1.165) is 53.6 Å². The summed E-state index contributed by atoms with van der Waals surface area (Å²) in [5, 5.41) is 15.0. The van der Waals surface area contributed by atoms with Crippen LogP contribution in [0.3, 0.4) is 0 Å². The molecule has 5 N–H and O–H groups in total. The van der Waals surface area contributed by atoms with Crippen molar-refractivity contribution in [2.75, 3.05) is 12.3 Å². The Bertz CT molecular complexity index is 1570. The number of unbranched alkanes of at least 4 members (excludes halogenated alkanes) is 2. The van der Waals surface area contributed by atoms with Crippen LogP contribution in [-0.4, -0.2) is 71.8 Å². The maximum atomic E-state index is 13.4. The number of aldehydes is 1. The van der Waals surface area contributed by atoms with Gasteiger partial charge in [0, 0.05) is 30.4 Å². The van der Waals surface area contributed by atoms with E-state index in [1.807, 2.05) is 96.7 Å². The Labute approximate surface area is 298 Å². The summed E-state index contributed by atoms with van der Waals surface area (Å²) in [5.74, 6) is 0.243. The predicted molar refractivity (Wildman–Crippen MR) is 196 cm³/mol. The molecule has 5 rings (SSSR count). The third-order valence-corrected chi connectivity index (χ3v) is 10.7. The van der Waals surface area contributed by atoms with Gasteiger partial charge >= 0.3 is 6.03 Å². The Balaban J connectivity index is 1.01. The van der Waals surface area contributed by atoms with E-state index in [9.17, 15) is 24.0 Å². The van der Waals surface area contributed by atoms with E-state index in [0.29, 0.717) is 37.5 Å². The Morgan fingerprint density at radius 1 is 0.800 bits per heavy atom. The van der Waals surface area contributed by atoms with Crippen LogP contribution < -0.4 is 26.6 Å². The molecule has 5 atom stereocenters. The van der Waals surface area contributed by atoms with Crippen LogP contribution in [0.4, 0.5) is 4.79 Å². The number of hydrogen-bond donors (Lipinski definition) is 5. The van der Waals surface area contributed by atoms with E-state index >= 15 is 0 Å². The number of hydrogen-bond acceptors (Lipinski definition) is 6. The smallest absolute Gasteiger partial charge is 0.315 e. The number of carbonyl (C=O) groups excluding carboxylic acids is 5. The summed E-state index contributed by atoms with van der Waals surface area (Å²) in [6.07, 6.45) is 6.02. The number of thioether (sulfide) groups is 1. The van der Waals surface area contributed by atoms with Gasteiger partial charge in [-0.2, -0.15) is 11.8 Å². The lowest BCUT2D eigenvalue weighted by molar-refractivity contribution is -0.129. The first kappa shape index (κ1) is 36.6. The van der Waals surface area contributed by atoms with Gasteiger partial charge in [0.1, 0.15) is 12.3 Å². The molecule has 2 fully saturated rings. The van der Waals surface area contributed by atoms with Gasteiger partial charge in [-0.25, -0.2) is 4.79 Å². The number of urea groups is 1. The van der Waals surface area contributed by atoms with Crippen LogP contribution in [0.5, 0.6) is 0 Å². The second kappa shape index (κ2) is 18.9. The fourth-order valence-corrected chi connectivity index (χ4v) is 8.02. The van der Waals surface area contributed by atoms with Crippen LogP contribution in [0.1, 0.15) is 56.1 Å². The Morgan fingerprint density at radius 2 is 1.52 bits per heavy atom. The fraction of sp³-hybridized carbons (Fsp3) is 0.410. The van der Waals surface area contributed by atoms with E-state index in [1.165, 1.54) is 0 Å². The maximum absolute atomic E-state index is 13.4. The summed E-state index contributed by atoms with van der Waals surface area (Å²) in [5.41, 5.74) is 3.88. The van der Waals surface area contributed by atoms with Gasteiger partial charge in [-0.05, 0) is 54.4 Å². The molecule has 0 radical (unpaired) electrons. The first-order valence-electron chi connectivity index (χ1n) is 17.6. The van der Waals surface area contributed by atoms with Crippen molar-refractivity contribution in [1.29, 1.82) is 0 Å². The minimum absolute atomic E-state index is 0.00432. The van der Waals surface area contributed by atoms with Crippen molar-refractivity contribution < 1.29 is 24.0 Å². The highest BCUT2D eigenvalue weighted by atomic mass is 32.2. The number of carbonyl (C=O) groups is 5. The molecule has 0 spiro atoms. The predicted octanol–water partition coefficient (Wildman–Crippen LogP) is 4.32. The second-order valence-corrected chi connectivity index (χ2v) is 14.3. The molecule has 2 heterocycles. The van der Waals surface area contributed by atoms with Crippen molar-refractivity contribution >= 4 is 41.8 Å². The van der Waals surface area contributed by atoms with E-state index in [-0.39, 0.29) is 42.8 Å². The lowest BCUT2D eigenvalue weighted by Gasteiger charge is -2.21. The Kier molecular flexibility index (Phi) is 13.9. The lowest BCUT2D eigenvalue weighted by atomic mass is 10.0. The lowest BCUT2D eigenvalue weighted by Crippen LogP contribution is -2.51. The second-order valence-electron chi connectivity index (χ2n) is 13.0. The molecular formula is C39H47N5O5S. The van der Waals surface area contributed by atoms with Gasteiger partial charge in [0.2, 0.25) is 17.7 Å². The molecule has 2 saturated heterocycles. The first-order valence-corrected chi connectivity index (χ1v) is 18.6. The third kappa shape index (κ3) is 11.2. The number of benzene rings is 3. The van der Waals surface area contributed by atoms with Gasteiger partial charge in [-0.1, -0.05) is 91.3 Å². The van der Waals surface area contributed by atoms with Gasteiger partial charge in [0.25, 0.3) is 0 Å². The molecule has 0 aliphatic carbocycles. The fourth-order valence-electron chi connectivity index (χ4n) is 6.47. The highest BCUT2D eigenvalue weighted by molar-refractivity contribution is 8.00. The van der Waals surface area contributed by atoms with Crippen LogP contribution in [0.2, 0.25) is 0 Å². The van der Waals surface area contributed by atoms with Crippen molar-refractivity contribution in [2.24, 2.45) is 0 Å². The summed E-state index contributed by atoms with van der Waals surface area (Å²) >= 11 is 1.88. The first-order chi connectivity index (χ1) is 24.4. The Hall–Kier alpha value is -4.64. The largest absolute Gasteiger partial charge is 0.356 e. The third-order valence-electron chi connectivity index (χ3n) is 9.20. The van der Waals surface area contributed by atoms with Crippen molar-refractivity contribution in [3.8, 4) is 11.1 Å². The van der Waals surface area contributed by atoms with Crippen molar-refractivity contribution in [3.05, 3.63) is 96.1 Å². The molecule has 5 amide bonds. The highest BCUT2D eigenvalue weighted by Gasteiger charge is 2.42. The zero-order chi connectivity index (χ0) is 35.1. The molecule has 10 nitrogen and oxygen atoms in total. The van der Waals surface area contributed by atoms with E-state index in [1.54, 1.807) is 0 Å². The number of nitrogens with one attached hydrogen (secondary N) is 5. The van der Waals surface area contributed by atoms with E-state index < -0.39 is 18.0 Å². The summed E-state index contributed by atoms with van der Waals surface area (Å²) < 4.78 is 0. The standard InChI is InChI=1S/C39H47N5O5S/c45-25-31(15-9-10-22-40-35(46)17-8-7-16-34-37-33(26-50-34)43-39(49)44-37)41-38(48)32(23-27-11-3-1-4-12-27)42-36(47)24-28-18-20-30(21-19-28)29-13-5-2-6-14-29/h1-6,11-14,18-21,25,31-34,37H,7-10,15-17,22-24,26H2,(H,40,46)(H,41,48)(H,42,47)(H2,43,44,49)/t31-,32-,33-,34-,37-/m0/s1. The number of fused-ring (bicyclic) bond motifs is 1. The molecule has 3 aromatic carbocycles. The minimum Gasteiger partial charge on any atom is -0.356 e. The molecule has 50 heavy (non-hydrogen) atoms. The monoisotopic (exact) mass is 697 g/mol. The topological polar surface area (TPSA) is 146 Å². The quantitative estimate of drug-likeness (QED) is 0.0717. The average Bonchev–Trinajstić information content (AvgIpc) is 3.69. The van der Waals surface area contributed by atoms with Gasteiger partial charge in [0.05, 0.1) is 24.5 Å². The molecule has 0 unspecified atom stereocenters. The molecular weight excluding hydrogens is 651 g/mol. The van der Waals surface area contributed by atoms with Gasteiger partial charge in [0.15, 0.2) is 0 Å². The molecule has 3 aromatic rings. The molecule has 2 aliphatic rings. The zero-order valence-electron chi connectivity index (χ0n) is 28.3. The van der Waals surface area contributed by atoms with Gasteiger partial charge in [-0.3, -0.25) is 14.4 Å². The summed E-state index contributed by atoms with van der Waals surface area (Å²) in [6, 6.07) is 26.0. The van der Waals surface area contributed by atoms with Crippen LogP contribution in [0.15, 0.2) is 84.9 Å². The maximum Gasteiger partial charge on any atom is 0.315 e. The van der Waals surface area contributed by atoms with Gasteiger partial charge < -0.3 is 31.4 Å². The van der Waals surface area contributed by atoms with E-state index in [4.69, 9.17) is 0 Å². The average molecular weight is 698 g/mol. The molecule has 0 aromatic heterocycles. The number of rotatable bonds is 19. The summed E-state index contributed by atoms with van der Waals surface area (Å²) in [6.45, 7) is 0.497. The normalized spacial score (nSPS) is 19.0. The van der Waals surface area contributed by atoms with Crippen molar-refractivity contribution in [2.45, 2.75) is 87.2 Å². The summed E-state index contributed by atoms with van der Waals surface area (Å²) in [4.78, 5) is 62.3. The Morgan fingerprint density at radius 3 is 2.26 bits per heavy atom. The summed E-state index contributed by atoms with van der Waals surface area (Å²) in [7, 11) is 0. The molecule has 11 heteroatoms. The highest BCUT2D eigenvalue weighted by Crippen LogP contribution is 2.33. The van der Waals surface area contributed by atoms with Crippen LogP contribution in [0.25, 0.3) is 11.1 Å². The van der Waals surface area contributed by atoms with Crippen molar-refractivity contribution in [3.63, 3.8) is 0 Å². The van der Waals surface area contributed by atoms with Crippen LogP contribution in [0, 0.1) is 0 Å². The number of amides is 5. The van der Waals surface area contributed by atoms with Crippen LogP contribution in [-0.2, 0) is 32.0 Å². The van der Waals surface area contributed by atoms with Crippen LogP contribution >= 0.6 is 11.8 Å². The molecule has 2 aliphatic heterocycles. The van der Waals surface area contributed by atoms with E-state index in [2.05, 4.69) is 26.6 Å².